The van der Waals surface area contributed by atoms with E-state index >= 15 is 0 Å². The van der Waals surface area contributed by atoms with Gasteiger partial charge in [0.1, 0.15) is 0 Å². The smallest absolute Gasteiger partial charge is 0.312 e. The molecule has 0 bridgehead atoms. The third-order valence-electron chi connectivity index (χ3n) is 4.54. The lowest BCUT2D eigenvalue weighted by molar-refractivity contribution is -0.386. The highest BCUT2D eigenvalue weighted by atomic mass is 35.5. The second-order valence-electron chi connectivity index (χ2n) is 6.53. The van der Waals surface area contributed by atoms with Crippen LogP contribution in [-0.4, -0.2) is 50.3 Å². The molecule has 1 amide bonds. The van der Waals surface area contributed by atoms with Crippen molar-refractivity contribution in [3.63, 3.8) is 0 Å². The van der Waals surface area contributed by atoms with Crippen LogP contribution in [-0.2, 0) is 9.53 Å². The van der Waals surface area contributed by atoms with E-state index in [0.29, 0.717) is 13.2 Å². The fraction of sp³-hybridized carbons (Fsp3) is 0.588. The van der Waals surface area contributed by atoms with E-state index in [1.54, 1.807) is 14.0 Å². The highest BCUT2D eigenvalue weighted by Crippen LogP contribution is 2.31. The van der Waals surface area contributed by atoms with Crippen LogP contribution in [0.25, 0.3) is 0 Å². The molecule has 152 valence electrons. The van der Waals surface area contributed by atoms with Crippen molar-refractivity contribution in [3.05, 3.63) is 33.3 Å². The van der Waals surface area contributed by atoms with Crippen molar-refractivity contribution >= 4 is 35.6 Å². The molecular formula is C17H25Cl2N3O5. The van der Waals surface area contributed by atoms with Crippen molar-refractivity contribution < 1.29 is 19.2 Å². The average molecular weight is 422 g/mol. The second-order valence-corrected chi connectivity index (χ2v) is 6.97. The molecule has 1 aromatic rings. The molecule has 8 nitrogen and oxygen atoms in total. The molecule has 1 aliphatic rings. The van der Waals surface area contributed by atoms with E-state index in [2.05, 4.69) is 10.6 Å². The van der Waals surface area contributed by atoms with Gasteiger partial charge in [-0.1, -0.05) is 11.6 Å². The first-order valence-corrected chi connectivity index (χ1v) is 8.83. The minimum Gasteiger partial charge on any atom is -0.474 e. The summed E-state index contributed by atoms with van der Waals surface area (Å²) in [7, 11) is 1.65. The van der Waals surface area contributed by atoms with Gasteiger partial charge in [0.2, 0.25) is 0 Å². The second kappa shape index (κ2) is 10.7. The molecule has 1 aliphatic heterocycles. The van der Waals surface area contributed by atoms with Gasteiger partial charge >= 0.3 is 5.69 Å². The Morgan fingerprint density at radius 2 is 2.11 bits per heavy atom. The van der Waals surface area contributed by atoms with Gasteiger partial charge in [0.25, 0.3) is 5.91 Å². The quantitative estimate of drug-likeness (QED) is 0.493. The zero-order valence-electron chi connectivity index (χ0n) is 15.3. The summed E-state index contributed by atoms with van der Waals surface area (Å²) in [4.78, 5) is 22.9. The highest BCUT2D eigenvalue weighted by Gasteiger charge is 2.33. The monoisotopic (exact) mass is 421 g/mol. The number of amides is 1. The molecule has 1 heterocycles. The Labute approximate surface area is 169 Å². The summed E-state index contributed by atoms with van der Waals surface area (Å²) in [6.07, 6.45) is 0.925. The van der Waals surface area contributed by atoms with Crippen LogP contribution in [0.4, 0.5) is 5.69 Å². The van der Waals surface area contributed by atoms with Crippen molar-refractivity contribution in [3.8, 4) is 5.75 Å². The van der Waals surface area contributed by atoms with Crippen LogP contribution in [0.2, 0.25) is 5.02 Å². The van der Waals surface area contributed by atoms with Gasteiger partial charge in [-0.3, -0.25) is 14.9 Å². The summed E-state index contributed by atoms with van der Waals surface area (Å²) in [6.45, 7) is 4.34. The van der Waals surface area contributed by atoms with Gasteiger partial charge in [-0.2, -0.15) is 0 Å². The SMILES string of the molecule is COCC1(CNC(=O)C(C)Oc2ccc(Cl)cc2[N+](=O)[O-])CCNCC1.Cl. The summed E-state index contributed by atoms with van der Waals surface area (Å²) < 4.78 is 10.8. The number of hydrogen-bond donors (Lipinski definition) is 2. The predicted octanol–water partition coefficient (Wildman–Crippen LogP) is 2.57. The molecule has 1 saturated heterocycles. The number of nitro benzene ring substituents is 1. The van der Waals surface area contributed by atoms with E-state index in [4.69, 9.17) is 21.1 Å². The molecule has 2 N–H and O–H groups in total. The Morgan fingerprint density at radius 3 is 2.70 bits per heavy atom. The van der Waals surface area contributed by atoms with Crippen molar-refractivity contribution in [2.45, 2.75) is 25.9 Å². The van der Waals surface area contributed by atoms with Crippen molar-refractivity contribution in [1.82, 2.24) is 10.6 Å². The number of carbonyl (C=O) groups is 1. The summed E-state index contributed by atoms with van der Waals surface area (Å²) in [5, 5.41) is 17.5. The molecular weight excluding hydrogens is 397 g/mol. The number of piperidine rings is 1. The molecule has 1 unspecified atom stereocenters. The maximum atomic E-state index is 12.4. The Bertz CT molecular complexity index is 648. The van der Waals surface area contributed by atoms with Gasteiger partial charge in [0.05, 0.1) is 11.5 Å². The number of nitrogens with one attached hydrogen (secondary N) is 2. The van der Waals surface area contributed by atoms with Gasteiger partial charge in [-0.05, 0) is 45.0 Å². The molecule has 1 fully saturated rings. The lowest BCUT2D eigenvalue weighted by atomic mass is 9.79. The molecule has 0 saturated carbocycles. The largest absolute Gasteiger partial charge is 0.474 e. The summed E-state index contributed by atoms with van der Waals surface area (Å²) in [5.41, 5.74) is -0.381. The average Bonchev–Trinajstić information content (AvgIpc) is 2.62. The van der Waals surface area contributed by atoms with Gasteiger partial charge in [0.15, 0.2) is 11.9 Å². The van der Waals surface area contributed by atoms with Gasteiger partial charge in [-0.25, -0.2) is 0 Å². The number of halogens is 2. The first kappa shape index (κ1) is 23.4. The van der Waals surface area contributed by atoms with Crippen LogP contribution in [0, 0.1) is 15.5 Å². The van der Waals surface area contributed by atoms with E-state index in [0.717, 1.165) is 25.9 Å². The summed E-state index contributed by atoms with van der Waals surface area (Å²) in [6, 6.07) is 4.07. The minimum atomic E-state index is -0.879. The van der Waals surface area contributed by atoms with Crippen LogP contribution in [0.3, 0.4) is 0 Å². The number of nitro groups is 1. The Kier molecular flexibility index (Phi) is 9.25. The standard InChI is InChI=1S/C17H24ClN3O5.ClH/c1-12(26-15-4-3-13(18)9-14(15)21(23)24)16(22)20-10-17(11-25-2)5-7-19-8-6-17;/h3-4,9,12,19H,5-8,10-11H2,1-2H3,(H,20,22);1H. The molecule has 0 spiro atoms. The first-order valence-electron chi connectivity index (χ1n) is 8.45. The summed E-state index contributed by atoms with van der Waals surface area (Å²) >= 11 is 5.78. The normalized spacial score (nSPS) is 16.7. The van der Waals surface area contributed by atoms with Crippen molar-refractivity contribution in [2.75, 3.05) is 33.4 Å². The molecule has 1 aromatic carbocycles. The number of methoxy groups -OCH3 is 1. The molecule has 10 heteroatoms. The van der Waals surface area contributed by atoms with Crippen LogP contribution < -0.4 is 15.4 Å². The van der Waals surface area contributed by atoms with Crippen molar-refractivity contribution in [2.24, 2.45) is 5.41 Å². The summed E-state index contributed by atoms with van der Waals surface area (Å²) in [5.74, 6) is -0.321. The van der Waals surface area contributed by atoms with Gasteiger partial charge < -0.3 is 20.1 Å². The maximum absolute atomic E-state index is 12.4. The van der Waals surface area contributed by atoms with Crippen molar-refractivity contribution in [1.29, 1.82) is 0 Å². The molecule has 27 heavy (non-hydrogen) atoms. The van der Waals surface area contributed by atoms with Gasteiger partial charge in [0, 0.05) is 30.2 Å². The van der Waals surface area contributed by atoms with Crippen LogP contribution in [0.1, 0.15) is 19.8 Å². The number of benzene rings is 1. The molecule has 1 atom stereocenters. The van der Waals surface area contributed by atoms with E-state index in [-0.39, 0.29) is 40.2 Å². The topological polar surface area (TPSA) is 103 Å². The zero-order valence-corrected chi connectivity index (χ0v) is 16.9. The fourth-order valence-electron chi connectivity index (χ4n) is 3.03. The Hall–Kier alpha value is -1.61. The minimum absolute atomic E-state index is 0. The zero-order chi connectivity index (χ0) is 19.2. The number of rotatable bonds is 8. The fourth-order valence-corrected chi connectivity index (χ4v) is 3.20. The van der Waals surface area contributed by atoms with E-state index in [1.807, 2.05) is 0 Å². The van der Waals surface area contributed by atoms with E-state index in [9.17, 15) is 14.9 Å². The highest BCUT2D eigenvalue weighted by molar-refractivity contribution is 6.30. The van der Waals surface area contributed by atoms with E-state index in [1.165, 1.54) is 18.2 Å². The number of nitrogens with zero attached hydrogens (tertiary/aromatic N) is 1. The lowest BCUT2D eigenvalue weighted by Crippen LogP contribution is -2.49. The molecule has 0 radical (unpaired) electrons. The first-order chi connectivity index (χ1) is 12.4. The van der Waals surface area contributed by atoms with Crippen LogP contribution in [0.5, 0.6) is 5.75 Å². The Balaban J connectivity index is 0.00000364. The molecule has 0 aromatic heterocycles. The lowest BCUT2D eigenvalue weighted by Gasteiger charge is -2.37. The number of carbonyl (C=O) groups excluding carboxylic acids is 1. The number of hydrogen-bond acceptors (Lipinski definition) is 6. The van der Waals surface area contributed by atoms with E-state index < -0.39 is 11.0 Å². The van der Waals surface area contributed by atoms with Crippen LogP contribution >= 0.6 is 24.0 Å². The predicted molar refractivity (Wildman–Crippen MR) is 105 cm³/mol. The maximum Gasteiger partial charge on any atom is 0.312 e. The molecule has 0 aliphatic carbocycles. The van der Waals surface area contributed by atoms with Gasteiger partial charge in [-0.15, -0.1) is 12.4 Å². The molecule has 2 rings (SSSR count). The van der Waals surface area contributed by atoms with Crippen LogP contribution in [0.15, 0.2) is 18.2 Å². The third kappa shape index (κ3) is 6.49. The Morgan fingerprint density at radius 1 is 1.44 bits per heavy atom. The number of ether oxygens (including phenoxy) is 2. The third-order valence-corrected chi connectivity index (χ3v) is 4.78.